The van der Waals surface area contributed by atoms with E-state index in [9.17, 15) is 4.79 Å². The van der Waals surface area contributed by atoms with Crippen LogP contribution >= 0.6 is 0 Å². The van der Waals surface area contributed by atoms with Crippen LogP contribution in [-0.2, 0) is 0 Å². The summed E-state index contributed by atoms with van der Waals surface area (Å²) in [5.41, 5.74) is 7.17. The van der Waals surface area contributed by atoms with E-state index in [0.29, 0.717) is 12.1 Å². The molecule has 0 aliphatic heterocycles. The summed E-state index contributed by atoms with van der Waals surface area (Å²) in [4.78, 5) is 16.0. The van der Waals surface area contributed by atoms with E-state index in [1.807, 2.05) is 20.8 Å². The second kappa shape index (κ2) is 5.77. The average molecular weight is 235 g/mol. The molecule has 4 heteroatoms. The Kier molecular flexibility index (Phi) is 4.63. The van der Waals surface area contributed by atoms with Gasteiger partial charge in [-0.2, -0.15) is 0 Å². The number of pyridine rings is 1. The first-order valence-electron chi connectivity index (χ1n) is 6.01. The van der Waals surface area contributed by atoms with Crippen LogP contribution in [0.15, 0.2) is 18.3 Å². The summed E-state index contributed by atoms with van der Waals surface area (Å²) in [6.07, 6.45) is 3.36. The monoisotopic (exact) mass is 235 g/mol. The molecular formula is C13H21N3O. The molecule has 0 bridgehead atoms. The highest BCUT2D eigenvalue weighted by Gasteiger charge is 2.21. The number of aryl methyl sites for hydroxylation is 1. The normalized spacial score (nSPS) is 11.3. The molecule has 0 unspecified atom stereocenters. The molecule has 0 saturated carbocycles. The third kappa shape index (κ3) is 3.53. The summed E-state index contributed by atoms with van der Waals surface area (Å²) in [6.45, 7) is 6.38. The van der Waals surface area contributed by atoms with E-state index in [4.69, 9.17) is 5.73 Å². The molecule has 0 radical (unpaired) electrons. The molecule has 0 aromatic carbocycles. The van der Waals surface area contributed by atoms with Crippen LogP contribution in [0.25, 0.3) is 0 Å². The Hall–Kier alpha value is -1.42. The van der Waals surface area contributed by atoms with Gasteiger partial charge in [-0.25, -0.2) is 0 Å². The summed E-state index contributed by atoms with van der Waals surface area (Å²) >= 11 is 0. The fourth-order valence-corrected chi connectivity index (χ4v) is 1.58. The Morgan fingerprint density at radius 3 is 2.65 bits per heavy atom. The zero-order valence-corrected chi connectivity index (χ0v) is 10.8. The van der Waals surface area contributed by atoms with Crippen molar-refractivity contribution in [3.63, 3.8) is 0 Å². The number of carbonyl (C=O) groups is 1. The fourth-order valence-electron chi connectivity index (χ4n) is 1.58. The largest absolute Gasteiger partial charge is 0.350 e. The van der Waals surface area contributed by atoms with Gasteiger partial charge in [0.25, 0.3) is 5.91 Å². The van der Waals surface area contributed by atoms with E-state index in [2.05, 4.69) is 10.3 Å². The maximum atomic E-state index is 11.9. The van der Waals surface area contributed by atoms with Crippen molar-refractivity contribution in [2.45, 2.75) is 39.2 Å². The Balaban J connectivity index is 2.65. The van der Waals surface area contributed by atoms with E-state index in [1.54, 1.807) is 18.3 Å². The number of aromatic nitrogens is 1. The second-order valence-electron chi connectivity index (χ2n) is 4.39. The van der Waals surface area contributed by atoms with Gasteiger partial charge in [-0.15, -0.1) is 0 Å². The van der Waals surface area contributed by atoms with Gasteiger partial charge in [0, 0.05) is 24.0 Å². The molecular weight excluding hydrogens is 214 g/mol. The minimum absolute atomic E-state index is 0.104. The smallest absolute Gasteiger partial charge is 0.253 e. The van der Waals surface area contributed by atoms with E-state index in [-0.39, 0.29) is 11.4 Å². The summed E-state index contributed by atoms with van der Waals surface area (Å²) < 4.78 is 0. The predicted molar refractivity (Wildman–Crippen MR) is 68.8 cm³/mol. The topological polar surface area (TPSA) is 68.0 Å². The van der Waals surface area contributed by atoms with Crippen LogP contribution in [0, 0.1) is 6.92 Å². The number of nitrogens with two attached hydrogens (primary N) is 1. The SMILES string of the molecule is CCC(N)(CC)CNC(=O)c1cccnc1C. The molecule has 0 aliphatic carbocycles. The van der Waals surface area contributed by atoms with Gasteiger partial charge >= 0.3 is 0 Å². The number of carbonyl (C=O) groups excluding carboxylic acids is 1. The molecule has 0 fully saturated rings. The number of rotatable bonds is 5. The van der Waals surface area contributed by atoms with Gasteiger partial charge in [0.05, 0.1) is 5.56 Å². The molecule has 0 spiro atoms. The molecule has 4 nitrogen and oxygen atoms in total. The maximum absolute atomic E-state index is 11.9. The summed E-state index contributed by atoms with van der Waals surface area (Å²) in [5.74, 6) is -0.104. The quantitative estimate of drug-likeness (QED) is 0.815. The van der Waals surface area contributed by atoms with Crippen LogP contribution in [0.2, 0.25) is 0 Å². The first-order chi connectivity index (χ1) is 8.02. The van der Waals surface area contributed by atoms with Crippen molar-refractivity contribution in [2.75, 3.05) is 6.54 Å². The highest BCUT2D eigenvalue weighted by molar-refractivity contribution is 5.95. The van der Waals surface area contributed by atoms with Gasteiger partial charge in [-0.3, -0.25) is 9.78 Å². The Morgan fingerprint density at radius 2 is 2.12 bits per heavy atom. The second-order valence-corrected chi connectivity index (χ2v) is 4.39. The zero-order valence-electron chi connectivity index (χ0n) is 10.8. The molecule has 17 heavy (non-hydrogen) atoms. The van der Waals surface area contributed by atoms with Gasteiger partial charge in [0.2, 0.25) is 0 Å². The number of amides is 1. The minimum atomic E-state index is -0.314. The molecule has 3 N–H and O–H groups in total. The number of hydrogen-bond acceptors (Lipinski definition) is 3. The molecule has 1 aromatic rings. The Bertz CT molecular complexity index is 386. The molecule has 0 aliphatic rings. The molecule has 1 rings (SSSR count). The maximum Gasteiger partial charge on any atom is 0.253 e. The van der Waals surface area contributed by atoms with Crippen molar-refractivity contribution in [2.24, 2.45) is 5.73 Å². The van der Waals surface area contributed by atoms with Gasteiger partial charge < -0.3 is 11.1 Å². The number of nitrogens with one attached hydrogen (secondary N) is 1. The van der Waals surface area contributed by atoms with E-state index < -0.39 is 0 Å². The van der Waals surface area contributed by atoms with Gasteiger partial charge in [0.15, 0.2) is 0 Å². The van der Waals surface area contributed by atoms with Gasteiger partial charge in [-0.05, 0) is 31.9 Å². The zero-order chi connectivity index (χ0) is 12.9. The van der Waals surface area contributed by atoms with Crippen molar-refractivity contribution in [1.82, 2.24) is 10.3 Å². The van der Waals surface area contributed by atoms with Gasteiger partial charge in [0.1, 0.15) is 0 Å². The van der Waals surface area contributed by atoms with Crippen LogP contribution in [0.4, 0.5) is 0 Å². The molecule has 1 heterocycles. The minimum Gasteiger partial charge on any atom is -0.350 e. The molecule has 0 atom stereocenters. The van der Waals surface area contributed by atoms with Crippen molar-refractivity contribution < 1.29 is 4.79 Å². The van der Waals surface area contributed by atoms with Gasteiger partial charge in [-0.1, -0.05) is 13.8 Å². The lowest BCUT2D eigenvalue weighted by Gasteiger charge is -2.26. The van der Waals surface area contributed by atoms with Crippen LogP contribution in [0.1, 0.15) is 42.7 Å². The van der Waals surface area contributed by atoms with Crippen LogP contribution in [0.3, 0.4) is 0 Å². The molecule has 0 saturated heterocycles. The van der Waals surface area contributed by atoms with Crippen molar-refractivity contribution >= 4 is 5.91 Å². The number of hydrogen-bond donors (Lipinski definition) is 2. The first kappa shape index (κ1) is 13.6. The van der Waals surface area contributed by atoms with E-state index in [0.717, 1.165) is 18.5 Å². The summed E-state index contributed by atoms with van der Waals surface area (Å²) in [5, 5.41) is 2.88. The third-order valence-electron chi connectivity index (χ3n) is 3.26. The van der Waals surface area contributed by atoms with Crippen LogP contribution < -0.4 is 11.1 Å². The molecule has 94 valence electrons. The Labute approximate surface area is 103 Å². The van der Waals surface area contributed by atoms with Crippen LogP contribution in [-0.4, -0.2) is 23.0 Å². The fraction of sp³-hybridized carbons (Fsp3) is 0.538. The van der Waals surface area contributed by atoms with Crippen molar-refractivity contribution in [1.29, 1.82) is 0 Å². The van der Waals surface area contributed by atoms with E-state index >= 15 is 0 Å². The highest BCUT2D eigenvalue weighted by Crippen LogP contribution is 2.10. The Morgan fingerprint density at radius 1 is 1.47 bits per heavy atom. The standard InChI is InChI=1S/C13H21N3O/c1-4-13(14,5-2)9-16-12(17)11-7-6-8-15-10(11)3/h6-8H,4-5,9,14H2,1-3H3,(H,16,17). The predicted octanol–water partition coefficient (Wildman–Crippen LogP) is 1.64. The summed E-state index contributed by atoms with van der Waals surface area (Å²) in [6, 6.07) is 3.53. The molecule has 1 amide bonds. The summed E-state index contributed by atoms with van der Waals surface area (Å²) in [7, 11) is 0. The third-order valence-corrected chi connectivity index (χ3v) is 3.26. The lowest BCUT2D eigenvalue weighted by Crippen LogP contribution is -2.49. The van der Waals surface area contributed by atoms with Crippen molar-refractivity contribution in [3.05, 3.63) is 29.6 Å². The lowest BCUT2D eigenvalue weighted by molar-refractivity contribution is 0.0941. The number of nitrogens with zero attached hydrogens (tertiary/aromatic N) is 1. The van der Waals surface area contributed by atoms with Crippen molar-refractivity contribution in [3.8, 4) is 0 Å². The highest BCUT2D eigenvalue weighted by atomic mass is 16.1. The first-order valence-corrected chi connectivity index (χ1v) is 6.01. The van der Waals surface area contributed by atoms with E-state index in [1.165, 1.54) is 0 Å². The lowest BCUT2D eigenvalue weighted by atomic mass is 9.94. The van der Waals surface area contributed by atoms with Crippen LogP contribution in [0.5, 0.6) is 0 Å². The average Bonchev–Trinajstić information content (AvgIpc) is 2.36. The molecule has 1 aromatic heterocycles.